The molecule has 0 saturated heterocycles. The van der Waals surface area contributed by atoms with Crippen LogP contribution in [0.5, 0.6) is 0 Å². The zero-order chi connectivity index (χ0) is 10.8. The van der Waals surface area contributed by atoms with Crippen LogP contribution in [0.25, 0.3) is 10.7 Å². The molecular weight excluding hydrogens is 208 g/mol. The standard InChI is InChI=1S/C11H12N2OS/c1-7-3-4-12-9(5-7)11-13-6-10(15-11)8(2)14/h3-6,8,14H,1-2H3. The van der Waals surface area contributed by atoms with Gasteiger partial charge >= 0.3 is 0 Å². The van der Waals surface area contributed by atoms with Crippen molar-refractivity contribution in [2.24, 2.45) is 0 Å². The molecule has 1 unspecified atom stereocenters. The van der Waals surface area contributed by atoms with Crippen LogP contribution in [0.3, 0.4) is 0 Å². The molecule has 0 radical (unpaired) electrons. The van der Waals surface area contributed by atoms with Crippen LogP contribution in [0.15, 0.2) is 24.5 Å². The zero-order valence-corrected chi connectivity index (χ0v) is 9.45. The van der Waals surface area contributed by atoms with Gasteiger partial charge < -0.3 is 5.11 Å². The summed E-state index contributed by atoms with van der Waals surface area (Å²) in [5.41, 5.74) is 2.03. The third-order valence-corrected chi connectivity index (χ3v) is 3.26. The Balaban J connectivity index is 2.37. The lowest BCUT2D eigenvalue weighted by molar-refractivity contribution is 0.203. The van der Waals surface area contributed by atoms with Crippen molar-refractivity contribution in [1.82, 2.24) is 9.97 Å². The van der Waals surface area contributed by atoms with Crippen molar-refractivity contribution >= 4 is 11.3 Å². The molecule has 2 rings (SSSR count). The van der Waals surface area contributed by atoms with Gasteiger partial charge in [-0.05, 0) is 31.5 Å². The van der Waals surface area contributed by atoms with Crippen LogP contribution >= 0.6 is 11.3 Å². The van der Waals surface area contributed by atoms with Crippen LogP contribution in [-0.4, -0.2) is 15.1 Å². The molecular formula is C11H12N2OS. The van der Waals surface area contributed by atoms with Gasteiger partial charge in [-0.2, -0.15) is 0 Å². The molecule has 0 aromatic carbocycles. The van der Waals surface area contributed by atoms with E-state index in [0.717, 1.165) is 21.1 Å². The van der Waals surface area contributed by atoms with Gasteiger partial charge in [-0.1, -0.05) is 0 Å². The molecule has 0 saturated carbocycles. The maximum absolute atomic E-state index is 9.39. The highest BCUT2D eigenvalue weighted by Gasteiger charge is 2.09. The Kier molecular flexibility index (Phi) is 2.79. The molecule has 3 nitrogen and oxygen atoms in total. The SMILES string of the molecule is Cc1ccnc(-c2ncc(C(C)O)s2)c1. The quantitative estimate of drug-likeness (QED) is 0.846. The second-order valence-corrected chi connectivity index (χ2v) is 4.52. The first-order chi connectivity index (χ1) is 7.16. The average Bonchev–Trinajstić information content (AvgIpc) is 2.66. The minimum Gasteiger partial charge on any atom is -0.388 e. The Morgan fingerprint density at radius 1 is 1.40 bits per heavy atom. The molecule has 0 amide bonds. The number of aryl methyl sites for hydroxylation is 1. The Hall–Kier alpha value is -1.26. The van der Waals surface area contributed by atoms with Crippen molar-refractivity contribution in [2.75, 3.05) is 0 Å². The fourth-order valence-electron chi connectivity index (χ4n) is 1.25. The molecule has 1 atom stereocenters. The lowest BCUT2D eigenvalue weighted by Crippen LogP contribution is -1.83. The fourth-order valence-corrected chi connectivity index (χ4v) is 2.07. The molecule has 2 aromatic heterocycles. The minimum atomic E-state index is -0.457. The molecule has 4 heteroatoms. The predicted molar refractivity (Wildman–Crippen MR) is 60.7 cm³/mol. The van der Waals surface area contributed by atoms with E-state index in [1.54, 1.807) is 19.3 Å². The first-order valence-corrected chi connectivity index (χ1v) is 5.55. The molecule has 0 bridgehead atoms. The van der Waals surface area contributed by atoms with E-state index in [-0.39, 0.29) is 0 Å². The van der Waals surface area contributed by atoms with Gasteiger partial charge in [0.2, 0.25) is 0 Å². The van der Waals surface area contributed by atoms with E-state index in [2.05, 4.69) is 9.97 Å². The Labute approximate surface area is 92.5 Å². The Morgan fingerprint density at radius 3 is 2.80 bits per heavy atom. The average molecular weight is 220 g/mol. The molecule has 15 heavy (non-hydrogen) atoms. The first kappa shape index (κ1) is 10.3. The van der Waals surface area contributed by atoms with Crippen LogP contribution in [0, 0.1) is 6.92 Å². The van der Waals surface area contributed by atoms with Gasteiger partial charge in [-0.15, -0.1) is 11.3 Å². The van der Waals surface area contributed by atoms with Gasteiger partial charge in [0.05, 0.1) is 16.7 Å². The molecule has 0 aliphatic rings. The molecule has 0 aliphatic carbocycles. The number of aromatic nitrogens is 2. The van der Waals surface area contributed by atoms with Gasteiger partial charge in [0.15, 0.2) is 0 Å². The lowest BCUT2D eigenvalue weighted by atomic mass is 10.2. The molecule has 2 aromatic rings. The summed E-state index contributed by atoms with van der Waals surface area (Å²) >= 11 is 1.48. The van der Waals surface area contributed by atoms with E-state index in [0.29, 0.717) is 0 Å². The first-order valence-electron chi connectivity index (χ1n) is 4.73. The van der Waals surface area contributed by atoms with Crippen molar-refractivity contribution in [3.63, 3.8) is 0 Å². The number of aliphatic hydroxyl groups excluding tert-OH is 1. The molecule has 0 aliphatic heterocycles. The van der Waals surface area contributed by atoms with E-state index in [1.807, 2.05) is 19.1 Å². The van der Waals surface area contributed by atoms with E-state index < -0.39 is 6.10 Å². The summed E-state index contributed by atoms with van der Waals surface area (Å²) in [5, 5.41) is 10.2. The highest BCUT2D eigenvalue weighted by molar-refractivity contribution is 7.15. The summed E-state index contributed by atoms with van der Waals surface area (Å²) in [6, 6.07) is 3.94. The molecule has 1 N–H and O–H groups in total. The number of hydrogen-bond donors (Lipinski definition) is 1. The summed E-state index contributed by atoms with van der Waals surface area (Å²) in [6.07, 6.45) is 3.02. The molecule has 0 spiro atoms. The van der Waals surface area contributed by atoms with E-state index >= 15 is 0 Å². The van der Waals surface area contributed by atoms with E-state index in [9.17, 15) is 5.11 Å². The van der Waals surface area contributed by atoms with Crippen LogP contribution < -0.4 is 0 Å². The Morgan fingerprint density at radius 2 is 2.20 bits per heavy atom. The predicted octanol–water partition coefficient (Wildman–Crippen LogP) is 2.57. The van der Waals surface area contributed by atoms with E-state index in [4.69, 9.17) is 0 Å². The van der Waals surface area contributed by atoms with Crippen LogP contribution in [0.4, 0.5) is 0 Å². The number of thiazole rings is 1. The third-order valence-electron chi connectivity index (χ3n) is 2.07. The highest BCUT2D eigenvalue weighted by atomic mass is 32.1. The second-order valence-electron chi connectivity index (χ2n) is 3.46. The molecule has 2 heterocycles. The normalized spacial score (nSPS) is 12.7. The number of hydrogen-bond acceptors (Lipinski definition) is 4. The summed E-state index contributed by atoms with van der Waals surface area (Å²) in [5.74, 6) is 0. The maximum atomic E-state index is 9.39. The van der Waals surface area contributed by atoms with Gasteiger partial charge in [-0.25, -0.2) is 4.98 Å². The summed E-state index contributed by atoms with van der Waals surface area (Å²) in [4.78, 5) is 9.36. The lowest BCUT2D eigenvalue weighted by Gasteiger charge is -1.97. The maximum Gasteiger partial charge on any atom is 0.142 e. The van der Waals surface area contributed by atoms with Crippen molar-refractivity contribution in [3.05, 3.63) is 35.0 Å². The van der Waals surface area contributed by atoms with Crippen LogP contribution in [0.2, 0.25) is 0 Å². The summed E-state index contributed by atoms with van der Waals surface area (Å²) < 4.78 is 0. The molecule has 78 valence electrons. The highest BCUT2D eigenvalue weighted by Crippen LogP contribution is 2.27. The van der Waals surface area contributed by atoms with Crippen molar-refractivity contribution in [3.8, 4) is 10.7 Å². The van der Waals surface area contributed by atoms with Crippen molar-refractivity contribution < 1.29 is 5.11 Å². The molecule has 0 fully saturated rings. The largest absolute Gasteiger partial charge is 0.388 e. The van der Waals surface area contributed by atoms with E-state index in [1.165, 1.54) is 11.3 Å². The smallest absolute Gasteiger partial charge is 0.142 e. The monoisotopic (exact) mass is 220 g/mol. The van der Waals surface area contributed by atoms with Crippen molar-refractivity contribution in [1.29, 1.82) is 0 Å². The van der Waals surface area contributed by atoms with Crippen molar-refractivity contribution in [2.45, 2.75) is 20.0 Å². The number of aliphatic hydroxyl groups is 1. The van der Waals surface area contributed by atoms with Crippen LogP contribution in [-0.2, 0) is 0 Å². The second kappa shape index (κ2) is 4.08. The third kappa shape index (κ3) is 2.22. The van der Waals surface area contributed by atoms with Gasteiger partial charge in [0.1, 0.15) is 5.01 Å². The minimum absolute atomic E-state index is 0.457. The fraction of sp³-hybridized carbons (Fsp3) is 0.273. The number of pyridine rings is 1. The zero-order valence-electron chi connectivity index (χ0n) is 8.64. The van der Waals surface area contributed by atoms with Gasteiger partial charge in [0, 0.05) is 12.4 Å². The summed E-state index contributed by atoms with van der Waals surface area (Å²) in [6.45, 7) is 3.76. The van der Waals surface area contributed by atoms with Gasteiger partial charge in [-0.3, -0.25) is 4.98 Å². The summed E-state index contributed by atoms with van der Waals surface area (Å²) in [7, 11) is 0. The topological polar surface area (TPSA) is 46.0 Å². The number of rotatable bonds is 2. The van der Waals surface area contributed by atoms with Crippen LogP contribution in [0.1, 0.15) is 23.5 Å². The van der Waals surface area contributed by atoms with Gasteiger partial charge in [0.25, 0.3) is 0 Å². The number of nitrogens with zero attached hydrogens (tertiary/aromatic N) is 2. The Bertz CT molecular complexity index is 465.